The largest absolute Gasteiger partial charge is 0.395 e. The first-order valence-electron chi connectivity index (χ1n) is 5.56. The number of hydrogen-bond acceptors (Lipinski definition) is 6. The number of halogens is 1. The van der Waals surface area contributed by atoms with Crippen LogP contribution in [-0.2, 0) is 0 Å². The molecule has 0 aliphatic rings. The van der Waals surface area contributed by atoms with Crippen molar-refractivity contribution in [2.45, 2.75) is 6.42 Å². The second-order valence-corrected chi connectivity index (χ2v) is 4.32. The molecule has 102 valence electrons. The lowest BCUT2D eigenvalue weighted by Gasteiger charge is -2.04. The minimum atomic E-state index is -0.493. The lowest BCUT2D eigenvalue weighted by molar-refractivity contribution is 0.102. The van der Waals surface area contributed by atoms with Crippen LogP contribution in [0.15, 0.2) is 18.2 Å². The van der Waals surface area contributed by atoms with Crippen molar-refractivity contribution < 1.29 is 14.3 Å². The van der Waals surface area contributed by atoms with Gasteiger partial charge in [-0.3, -0.25) is 10.1 Å². The van der Waals surface area contributed by atoms with Crippen LogP contribution in [0, 0.1) is 17.7 Å². The molecule has 0 unspecified atom stereocenters. The van der Waals surface area contributed by atoms with E-state index in [2.05, 4.69) is 32.0 Å². The van der Waals surface area contributed by atoms with Gasteiger partial charge in [-0.15, -0.1) is 0 Å². The molecule has 1 amide bonds. The third-order valence-electron chi connectivity index (χ3n) is 2.21. The van der Waals surface area contributed by atoms with Gasteiger partial charge in [0.25, 0.3) is 5.91 Å². The normalized spacial score (nSPS) is 9.70. The van der Waals surface area contributed by atoms with Crippen molar-refractivity contribution in [3.63, 3.8) is 0 Å². The number of nitrogens with one attached hydrogen (secondary N) is 1. The number of benzene rings is 1. The van der Waals surface area contributed by atoms with E-state index in [9.17, 15) is 9.18 Å². The lowest BCUT2D eigenvalue weighted by atomic mass is 10.1. The van der Waals surface area contributed by atoms with Crippen molar-refractivity contribution in [2.24, 2.45) is 0 Å². The summed E-state index contributed by atoms with van der Waals surface area (Å²) in [6.07, 6.45) is 0.248. The highest BCUT2D eigenvalue weighted by Crippen LogP contribution is 2.14. The molecule has 0 atom stereocenters. The van der Waals surface area contributed by atoms with Gasteiger partial charge >= 0.3 is 0 Å². The van der Waals surface area contributed by atoms with E-state index in [0.29, 0.717) is 0 Å². The Labute approximate surface area is 117 Å². The van der Waals surface area contributed by atoms with Crippen LogP contribution in [-0.4, -0.2) is 32.4 Å². The summed E-state index contributed by atoms with van der Waals surface area (Å²) in [5.74, 6) is 4.34. The number of carbonyl (C=O) groups is 1. The summed E-state index contributed by atoms with van der Waals surface area (Å²) in [5.41, 5.74) is 0.459. The van der Waals surface area contributed by atoms with Gasteiger partial charge in [0.1, 0.15) is 5.82 Å². The minimum Gasteiger partial charge on any atom is -0.395 e. The maximum absolute atomic E-state index is 13.2. The van der Waals surface area contributed by atoms with Gasteiger partial charge in [-0.05, 0) is 23.4 Å². The first-order valence-corrected chi connectivity index (χ1v) is 6.33. The van der Waals surface area contributed by atoms with Gasteiger partial charge in [0, 0.05) is 23.5 Å². The Morgan fingerprint density at radius 3 is 3.05 bits per heavy atom. The Hall–Kier alpha value is -2.37. The summed E-state index contributed by atoms with van der Waals surface area (Å²) in [6.45, 7) is -0.0969. The first kappa shape index (κ1) is 14.0. The zero-order valence-corrected chi connectivity index (χ0v) is 10.9. The molecule has 1 heterocycles. The van der Waals surface area contributed by atoms with Crippen LogP contribution in [0.3, 0.4) is 0 Å². The third-order valence-corrected chi connectivity index (χ3v) is 2.72. The quantitative estimate of drug-likeness (QED) is 0.826. The number of aromatic nitrogens is 3. The maximum Gasteiger partial charge on any atom is 0.258 e. The highest BCUT2D eigenvalue weighted by atomic mass is 32.1. The second kappa shape index (κ2) is 6.70. The van der Waals surface area contributed by atoms with Crippen LogP contribution in [0.1, 0.15) is 22.3 Å². The van der Waals surface area contributed by atoms with Crippen molar-refractivity contribution in [1.29, 1.82) is 0 Å². The molecule has 6 nitrogen and oxygen atoms in total. The van der Waals surface area contributed by atoms with E-state index in [-0.39, 0.29) is 29.3 Å². The molecule has 0 aliphatic heterocycles. The van der Waals surface area contributed by atoms with Crippen molar-refractivity contribution in [2.75, 3.05) is 11.9 Å². The third kappa shape index (κ3) is 3.57. The van der Waals surface area contributed by atoms with E-state index in [4.69, 9.17) is 5.11 Å². The molecule has 8 heteroatoms. The molecule has 0 saturated carbocycles. The van der Waals surface area contributed by atoms with Crippen LogP contribution in [0.5, 0.6) is 0 Å². The van der Waals surface area contributed by atoms with Gasteiger partial charge in [0.2, 0.25) is 5.13 Å². The van der Waals surface area contributed by atoms with E-state index < -0.39 is 11.7 Å². The van der Waals surface area contributed by atoms with Crippen molar-refractivity contribution >= 4 is 22.6 Å². The molecule has 0 bridgehead atoms. The molecule has 1 aromatic carbocycles. The predicted molar refractivity (Wildman–Crippen MR) is 70.6 cm³/mol. The average Bonchev–Trinajstić information content (AvgIpc) is 2.92. The Bertz CT molecular complexity index is 664. The molecule has 0 spiro atoms. The van der Waals surface area contributed by atoms with Crippen LogP contribution in [0.2, 0.25) is 0 Å². The zero-order valence-electron chi connectivity index (χ0n) is 10.1. The zero-order chi connectivity index (χ0) is 14.4. The molecule has 0 radical (unpaired) electrons. The predicted octanol–water partition coefficient (Wildman–Crippen LogP) is 1.06. The fourth-order valence-corrected chi connectivity index (χ4v) is 1.74. The van der Waals surface area contributed by atoms with Gasteiger partial charge in [-0.2, -0.15) is 0 Å². The van der Waals surface area contributed by atoms with E-state index in [1.807, 2.05) is 0 Å². The number of carbonyl (C=O) groups excluding carboxylic acids is 1. The molecular formula is C12H9FN4O2S. The molecular weight excluding hydrogens is 283 g/mol. The van der Waals surface area contributed by atoms with Crippen molar-refractivity contribution in [3.05, 3.63) is 35.1 Å². The Morgan fingerprint density at radius 1 is 1.50 bits per heavy atom. The SMILES string of the molecule is O=C(Nc1nnns1)c1ccc(F)cc1C#CCCO. The number of rotatable bonds is 3. The van der Waals surface area contributed by atoms with Crippen molar-refractivity contribution in [3.8, 4) is 11.8 Å². The number of anilines is 1. The van der Waals surface area contributed by atoms with Crippen molar-refractivity contribution in [1.82, 2.24) is 14.8 Å². The molecule has 0 fully saturated rings. The molecule has 2 rings (SSSR count). The Kier molecular flexibility index (Phi) is 4.70. The van der Waals surface area contributed by atoms with Gasteiger partial charge < -0.3 is 5.11 Å². The number of aliphatic hydroxyl groups is 1. The summed E-state index contributed by atoms with van der Waals surface area (Å²) in [6, 6.07) is 3.67. The highest BCUT2D eigenvalue weighted by molar-refractivity contribution is 7.09. The number of nitrogens with zero attached hydrogens (tertiary/aromatic N) is 3. The molecule has 0 saturated heterocycles. The second-order valence-electron chi connectivity index (χ2n) is 3.59. The van der Waals surface area contributed by atoms with Crippen LogP contribution in [0.25, 0.3) is 0 Å². The van der Waals surface area contributed by atoms with Crippen LogP contribution < -0.4 is 5.32 Å². The first-order chi connectivity index (χ1) is 9.70. The summed E-state index contributed by atoms with van der Waals surface area (Å²) >= 11 is 0.929. The van der Waals surface area contributed by atoms with E-state index in [1.165, 1.54) is 12.1 Å². The average molecular weight is 292 g/mol. The summed E-state index contributed by atoms with van der Waals surface area (Å²) in [4.78, 5) is 12.0. The van der Waals surface area contributed by atoms with Crippen LogP contribution >= 0.6 is 11.5 Å². The summed E-state index contributed by atoms with van der Waals surface area (Å²) < 4.78 is 16.7. The summed E-state index contributed by atoms with van der Waals surface area (Å²) in [5, 5.41) is 18.3. The molecule has 2 aromatic rings. The lowest BCUT2D eigenvalue weighted by Crippen LogP contribution is -2.13. The van der Waals surface area contributed by atoms with E-state index >= 15 is 0 Å². The molecule has 0 aliphatic carbocycles. The fraction of sp³-hybridized carbons (Fsp3) is 0.167. The number of aliphatic hydroxyl groups excluding tert-OH is 1. The fourth-order valence-electron chi connectivity index (χ4n) is 1.38. The maximum atomic E-state index is 13.2. The van der Waals surface area contributed by atoms with Gasteiger partial charge in [0.15, 0.2) is 0 Å². The number of amides is 1. The van der Waals surface area contributed by atoms with Crippen LogP contribution in [0.4, 0.5) is 9.52 Å². The van der Waals surface area contributed by atoms with Gasteiger partial charge in [-0.25, -0.2) is 4.39 Å². The molecule has 1 aromatic heterocycles. The topological polar surface area (TPSA) is 88.0 Å². The minimum absolute atomic E-state index is 0.0969. The highest BCUT2D eigenvalue weighted by Gasteiger charge is 2.13. The summed E-state index contributed by atoms with van der Waals surface area (Å²) in [7, 11) is 0. The Morgan fingerprint density at radius 2 is 2.35 bits per heavy atom. The monoisotopic (exact) mass is 292 g/mol. The Balaban J connectivity index is 2.26. The smallest absolute Gasteiger partial charge is 0.258 e. The van der Waals surface area contributed by atoms with E-state index in [1.54, 1.807) is 0 Å². The van der Waals surface area contributed by atoms with Gasteiger partial charge in [-0.1, -0.05) is 21.4 Å². The van der Waals surface area contributed by atoms with Gasteiger partial charge in [0.05, 0.1) is 12.2 Å². The standard InChI is InChI=1S/C12H9FN4O2S/c13-9-4-5-10(8(7-9)3-1-2-6-18)11(19)14-12-15-16-17-20-12/h4-5,7,18H,2,6H2,(H,14,15,17,19). The molecule has 2 N–H and O–H groups in total. The molecule has 20 heavy (non-hydrogen) atoms. The number of hydrogen-bond donors (Lipinski definition) is 2. The van der Waals surface area contributed by atoms with E-state index in [0.717, 1.165) is 17.6 Å².